The number of hydrogen-bond acceptors (Lipinski definition) is 7. The summed E-state index contributed by atoms with van der Waals surface area (Å²) in [5, 5.41) is 16.4. The van der Waals surface area contributed by atoms with E-state index in [1.165, 1.54) is 23.1 Å². The molecule has 0 saturated heterocycles. The van der Waals surface area contributed by atoms with E-state index in [4.69, 9.17) is 27.9 Å². The second-order valence-electron chi connectivity index (χ2n) is 8.37. The fourth-order valence-corrected chi connectivity index (χ4v) is 6.10. The van der Waals surface area contributed by atoms with E-state index in [1.54, 1.807) is 24.6 Å². The Morgan fingerprint density at radius 1 is 1.05 bits per heavy atom. The lowest BCUT2D eigenvalue weighted by molar-refractivity contribution is 0.0949. The summed E-state index contributed by atoms with van der Waals surface area (Å²) in [5.74, 6) is 1.78. The Bertz CT molecular complexity index is 1590. The molecule has 2 heterocycles. The highest BCUT2D eigenvalue weighted by Crippen LogP contribution is 2.31. The normalized spacial score (nSPS) is 10.9. The van der Waals surface area contributed by atoms with Crippen LogP contribution in [-0.4, -0.2) is 39.3 Å². The molecule has 1 N–H and O–H groups in total. The minimum atomic E-state index is -0.222. The number of rotatable bonds is 10. The maximum absolute atomic E-state index is 12.6. The Labute approximate surface area is 244 Å². The lowest BCUT2D eigenvalue weighted by Crippen LogP contribution is -2.26. The smallest absolute Gasteiger partial charge is 0.270 e. The van der Waals surface area contributed by atoms with Crippen LogP contribution in [0.3, 0.4) is 0 Å². The van der Waals surface area contributed by atoms with Crippen LogP contribution in [0.5, 0.6) is 5.75 Å². The summed E-state index contributed by atoms with van der Waals surface area (Å²) in [6.45, 7) is 0.440. The first kappa shape index (κ1) is 27.2. The van der Waals surface area contributed by atoms with Gasteiger partial charge in [0.2, 0.25) is 0 Å². The summed E-state index contributed by atoms with van der Waals surface area (Å²) >= 11 is 15.1. The molecule has 7 nitrogen and oxygen atoms in total. The molecule has 0 unspecified atom stereocenters. The second-order valence-corrected chi connectivity index (χ2v) is 11.1. The summed E-state index contributed by atoms with van der Waals surface area (Å²) in [4.78, 5) is 17.2. The average molecular weight is 597 g/mol. The van der Waals surface area contributed by atoms with E-state index in [0.717, 1.165) is 32.7 Å². The number of halogens is 2. The fourth-order valence-electron chi connectivity index (χ4n) is 3.86. The van der Waals surface area contributed by atoms with E-state index in [2.05, 4.69) is 20.5 Å². The van der Waals surface area contributed by atoms with Crippen LogP contribution in [-0.2, 0) is 12.2 Å². The number of carbonyl (C=O) groups is 1. The molecule has 2 aromatic heterocycles. The number of hydrogen-bond donors (Lipinski definition) is 1. The Kier molecular flexibility index (Phi) is 8.83. The van der Waals surface area contributed by atoms with Crippen LogP contribution in [0.2, 0.25) is 10.0 Å². The SMILES string of the molecule is COc1cccc(-c2nnc(SCc3nc(C(=O)NCCc4ccc(Cl)cc4Cl)cs3)n2-c2ccccc2)c1. The highest BCUT2D eigenvalue weighted by atomic mass is 35.5. The van der Waals surface area contributed by atoms with Crippen molar-refractivity contribution in [1.29, 1.82) is 0 Å². The molecule has 0 fully saturated rings. The molecule has 3 aromatic carbocycles. The zero-order valence-electron chi connectivity index (χ0n) is 20.8. The molecule has 39 heavy (non-hydrogen) atoms. The van der Waals surface area contributed by atoms with Gasteiger partial charge >= 0.3 is 0 Å². The van der Waals surface area contributed by atoms with Gasteiger partial charge in [-0.3, -0.25) is 9.36 Å². The maximum atomic E-state index is 12.6. The minimum Gasteiger partial charge on any atom is -0.497 e. The molecular formula is C28H23Cl2N5O2S2. The third-order valence-corrected chi connectivity index (χ3v) is 8.34. The first-order valence-corrected chi connectivity index (χ1v) is 14.6. The molecule has 0 aliphatic rings. The van der Waals surface area contributed by atoms with Crippen LogP contribution < -0.4 is 10.1 Å². The molecule has 0 atom stereocenters. The van der Waals surface area contributed by atoms with E-state index in [-0.39, 0.29) is 5.91 Å². The van der Waals surface area contributed by atoms with Gasteiger partial charge in [0.25, 0.3) is 5.91 Å². The number of amides is 1. The predicted octanol–water partition coefficient (Wildman–Crippen LogP) is 6.97. The van der Waals surface area contributed by atoms with Crippen molar-refractivity contribution in [2.45, 2.75) is 17.3 Å². The van der Waals surface area contributed by atoms with Crippen molar-refractivity contribution in [3.05, 3.63) is 104 Å². The quantitative estimate of drug-likeness (QED) is 0.175. The summed E-state index contributed by atoms with van der Waals surface area (Å²) < 4.78 is 7.42. The highest BCUT2D eigenvalue weighted by molar-refractivity contribution is 7.98. The number of thioether (sulfide) groups is 1. The van der Waals surface area contributed by atoms with Crippen molar-refractivity contribution in [3.63, 3.8) is 0 Å². The highest BCUT2D eigenvalue weighted by Gasteiger charge is 2.18. The molecule has 198 valence electrons. The molecule has 1 amide bonds. The molecule has 11 heteroatoms. The Morgan fingerprint density at radius 2 is 1.90 bits per heavy atom. The first-order chi connectivity index (χ1) is 19.0. The number of methoxy groups -OCH3 is 1. The van der Waals surface area contributed by atoms with Gasteiger partial charge in [0.1, 0.15) is 16.5 Å². The second kappa shape index (κ2) is 12.7. The predicted molar refractivity (Wildman–Crippen MR) is 158 cm³/mol. The van der Waals surface area contributed by atoms with Gasteiger partial charge in [0, 0.05) is 33.2 Å². The summed E-state index contributed by atoms with van der Waals surface area (Å²) in [5.41, 5.74) is 3.15. The summed E-state index contributed by atoms with van der Waals surface area (Å²) in [6.07, 6.45) is 0.597. The Hall–Kier alpha value is -3.37. The van der Waals surface area contributed by atoms with Gasteiger partial charge in [0.05, 0.1) is 12.9 Å². The van der Waals surface area contributed by atoms with Crippen molar-refractivity contribution in [1.82, 2.24) is 25.1 Å². The van der Waals surface area contributed by atoms with Crippen molar-refractivity contribution in [2.75, 3.05) is 13.7 Å². The van der Waals surface area contributed by atoms with Gasteiger partial charge in [0.15, 0.2) is 11.0 Å². The number of carbonyl (C=O) groups excluding carboxylic acids is 1. The molecule has 0 radical (unpaired) electrons. The van der Waals surface area contributed by atoms with Gasteiger partial charge < -0.3 is 10.1 Å². The zero-order valence-corrected chi connectivity index (χ0v) is 23.9. The largest absolute Gasteiger partial charge is 0.497 e. The minimum absolute atomic E-state index is 0.222. The number of ether oxygens (including phenoxy) is 1. The molecule has 5 rings (SSSR count). The lowest BCUT2D eigenvalue weighted by atomic mass is 10.1. The van der Waals surface area contributed by atoms with Crippen LogP contribution >= 0.6 is 46.3 Å². The van der Waals surface area contributed by atoms with Crippen molar-refractivity contribution < 1.29 is 9.53 Å². The van der Waals surface area contributed by atoms with Crippen LogP contribution in [0.15, 0.2) is 83.3 Å². The van der Waals surface area contributed by atoms with Gasteiger partial charge in [-0.05, 0) is 48.4 Å². The monoisotopic (exact) mass is 595 g/mol. The van der Waals surface area contributed by atoms with Gasteiger partial charge in [-0.1, -0.05) is 71.4 Å². The molecule has 0 bridgehead atoms. The number of nitrogens with one attached hydrogen (secondary N) is 1. The molecule has 5 aromatic rings. The summed E-state index contributed by atoms with van der Waals surface area (Å²) in [7, 11) is 1.64. The van der Waals surface area contributed by atoms with E-state index < -0.39 is 0 Å². The topological polar surface area (TPSA) is 81.9 Å². The number of thiazole rings is 1. The average Bonchev–Trinajstić information content (AvgIpc) is 3.61. The summed E-state index contributed by atoms with van der Waals surface area (Å²) in [6, 6.07) is 23.0. The van der Waals surface area contributed by atoms with Crippen LogP contribution in [0.4, 0.5) is 0 Å². The van der Waals surface area contributed by atoms with Crippen molar-refractivity contribution in [2.24, 2.45) is 0 Å². The van der Waals surface area contributed by atoms with Crippen molar-refractivity contribution in [3.8, 4) is 22.8 Å². The molecule has 0 aliphatic heterocycles. The Balaban J connectivity index is 1.27. The fraction of sp³-hybridized carbons (Fsp3) is 0.143. The van der Waals surface area contributed by atoms with E-state index in [0.29, 0.717) is 40.3 Å². The van der Waals surface area contributed by atoms with Crippen LogP contribution in [0.25, 0.3) is 17.1 Å². The number of nitrogens with zero attached hydrogens (tertiary/aromatic N) is 4. The molecule has 0 saturated carbocycles. The van der Waals surface area contributed by atoms with E-state index in [9.17, 15) is 4.79 Å². The Morgan fingerprint density at radius 3 is 2.69 bits per heavy atom. The maximum Gasteiger partial charge on any atom is 0.270 e. The van der Waals surface area contributed by atoms with E-state index >= 15 is 0 Å². The first-order valence-electron chi connectivity index (χ1n) is 12.0. The van der Waals surface area contributed by atoms with Crippen molar-refractivity contribution >= 4 is 52.2 Å². The third-order valence-electron chi connectivity index (χ3n) is 5.78. The third kappa shape index (κ3) is 6.62. The lowest BCUT2D eigenvalue weighted by Gasteiger charge is -2.10. The molecule has 0 aliphatic carbocycles. The standard InChI is InChI=1S/C28H23Cl2N5O2S2/c1-37-22-9-5-6-19(14-22)26-33-34-28(35(26)21-7-3-2-4-8-21)39-17-25-32-24(16-38-25)27(36)31-13-12-18-10-11-20(29)15-23(18)30/h2-11,14-16H,12-13,17H2,1H3,(H,31,36). The van der Waals surface area contributed by atoms with Crippen LogP contribution in [0, 0.1) is 0 Å². The van der Waals surface area contributed by atoms with Gasteiger partial charge in [-0.25, -0.2) is 4.98 Å². The van der Waals surface area contributed by atoms with Gasteiger partial charge in [-0.2, -0.15) is 0 Å². The molecular weight excluding hydrogens is 573 g/mol. The zero-order chi connectivity index (χ0) is 27.2. The number of benzene rings is 3. The number of para-hydroxylation sites is 1. The van der Waals surface area contributed by atoms with Crippen LogP contribution in [0.1, 0.15) is 21.1 Å². The number of aromatic nitrogens is 4. The van der Waals surface area contributed by atoms with E-state index in [1.807, 2.05) is 65.2 Å². The molecule has 0 spiro atoms. The van der Waals surface area contributed by atoms with Gasteiger partial charge in [-0.15, -0.1) is 21.5 Å².